The maximum absolute atomic E-state index is 10.2. The van der Waals surface area contributed by atoms with Gasteiger partial charge in [-0.3, -0.25) is 20.2 Å². The third-order valence-corrected chi connectivity index (χ3v) is 3.75. The van der Waals surface area contributed by atoms with E-state index in [1.807, 2.05) is 0 Å². The molecule has 132 valence electrons. The van der Waals surface area contributed by atoms with Crippen molar-refractivity contribution in [2.45, 2.75) is 13.3 Å². The minimum absolute atomic E-state index is 0.274. The van der Waals surface area contributed by atoms with Crippen LogP contribution >= 0.6 is 0 Å². The normalized spacial score (nSPS) is 9.73. The Morgan fingerprint density at radius 1 is 0.731 bits per heavy atom. The van der Waals surface area contributed by atoms with Crippen molar-refractivity contribution in [1.29, 1.82) is 0 Å². The Kier molecular flexibility index (Phi) is 6.56. The molecule has 0 heterocycles. The number of hydrogen-bond acceptors (Lipinski definition) is 4. The molecular weight excluding hydrogens is 332 g/mol. The van der Waals surface area contributed by atoms with Crippen molar-refractivity contribution in [3.63, 3.8) is 0 Å². The second-order valence-corrected chi connectivity index (χ2v) is 5.62. The SMILES string of the molecule is Cc1ccccc1Cc1ccccc1.O=[N+]([O-])c1cccc([N+](=O)[O-])c1. The van der Waals surface area contributed by atoms with Gasteiger partial charge in [-0.05, 0) is 36.1 Å². The van der Waals surface area contributed by atoms with Gasteiger partial charge in [-0.2, -0.15) is 0 Å². The van der Waals surface area contributed by atoms with Crippen LogP contribution in [0.2, 0.25) is 0 Å². The van der Waals surface area contributed by atoms with Crippen molar-refractivity contribution in [3.05, 3.63) is 116 Å². The van der Waals surface area contributed by atoms with Crippen LogP contribution in [0.5, 0.6) is 0 Å². The van der Waals surface area contributed by atoms with Gasteiger partial charge >= 0.3 is 0 Å². The third-order valence-electron chi connectivity index (χ3n) is 3.75. The standard InChI is InChI=1S/C14H14.C6H4N2O4/c1-12-7-5-6-10-14(12)11-13-8-3-2-4-9-13;9-7(10)5-2-1-3-6(4-5)8(11)12/h2-10H,11H2,1H3;1-4H. The second kappa shape index (κ2) is 9.08. The Hall–Kier alpha value is -3.54. The molecule has 3 rings (SSSR count). The summed E-state index contributed by atoms with van der Waals surface area (Å²) in [4.78, 5) is 19.0. The first-order valence-electron chi connectivity index (χ1n) is 7.94. The first-order chi connectivity index (χ1) is 12.5. The maximum atomic E-state index is 10.2. The Balaban J connectivity index is 0.000000190. The molecule has 0 aromatic heterocycles. The van der Waals surface area contributed by atoms with Crippen molar-refractivity contribution in [1.82, 2.24) is 0 Å². The lowest BCUT2D eigenvalue weighted by Gasteiger charge is -2.04. The van der Waals surface area contributed by atoms with E-state index in [9.17, 15) is 20.2 Å². The smallest absolute Gasteiger partial charge is 0.258 e. The van der Waals surface area contributed by atoms with Gasteiger partial charge in [0.25, 0.3) is 11.4 Å². The molecule has 0 aliphatic carbocycles. The molecule has 6 heteroatoms. The van der Waals surface area contributed by atoms with Crippen molar-refractivity contribution >= 4 is 11.4 Å². The number of nitro benzene ring substituents is 2. The van der Waals surface area contributed by atoms with E-state index < -0.39 is 9.85 Å². The molecule has 0 atom stereocenters. The van der Waals surface area contributed by atoms with E-state index in [4.69, 9.17) is 0 Å². The zero-order valence-corrected chi connectivity index (χ0v) is 14.2. The Morgan fingerprint density at radius 2 is 1.27 bits per heavy atom. The van der Waals surface area contributed by atoms with E-state index in [0.717, 1.165) is 12.5 Å². The van der Waals surface area contributed by atoms with Crippen LogP contribution in [-0.4, -0.2) is 9.85 Å². The second-order valence-electron chi connectivity index (χ2n) is 5.62. The van der Waals surface area contributed by atoms with Gasteiger partial charge in [0, 0.05) is 12.1 Å². The number of nitrogens with zero attached hydrogens (tertiary/aromatic N) is 2. The Labute approximate surface area is 151 Å². The van der Waals surface area contributed by atoms with Gasteiger partial charge in [0.1, 0.15) is 0 Å². The lowest BCUT2D eigenvalue weighted by Crippen LogP contribution is -1.91. The highest BCUT2D eigenvalue weighted by molar-refractivity contribution is 5.42. The molecule has 0 saturated heterocycles. The average Bonchev–Trinajstić information content (AvgIpc) is 2.65. The first-order valence-corrected chi connectivity index (χ1v) is 7.94. The van der Waals surface area contributed by atoms with Crippen molar-refractivity contribution in [3.8, 4) is 0 Å². The highest BCUT2D eigenvalue weighted by Crippen LogP contribution is 2.18. The number of rotatable bonds is 4. The van der Waals surface area contributed by atoms with Crippen molar-refractivity contribution in [2.24, 2.45) is 0 Å². The molecule has 0 aliphatic rings. The number of hydrogen-bond donors (Lipinski definition) is 0. The highest BCUT2D eigenvalue weighted by Gasteiger charge is 2.11. The van der Waals surface area contributed by atoms with Crippen LogP contribution in [0.4, 0.5) is 11.4 Å². The van der Waals surface area contributed by atoms with Gasteiger partial charge in [0.2, 0.25) is 0 Å². The summed E-state index contributed by atoms with van der Waals surface area (Å²) in [5, 5.41) is 20.3. The number of nitro groups is 2. The van der Waals surface area contributed by atoms with Crippen LogP contribution in [0, 0.1) is 27.2 Å². The summed E-state index contributed by atoms with van der Waals surface area (Å²) in [6.07, 6.45) is 1.04. The largest absolute Gasteiger partial charge is 0.276 e. The molecule has 0 fully saturated rings. The zero-order chi connectivity index (χ0) is 18.9. The van der Waals surface area contributed by atoms with Crippen LogP contribution in [0.1, 0.15) is 16.7 Å². The summed E-state index contributed by atoms with van der Waals surface area (Å²) in [6.45, 7) is 2.16. The Bertz CT molecular complexity index is 866. The molecule has 0 N–H and O–H groups in total. The summed E-state index contributed by atoms with van der Waals surface area (Å²) in [7, 11) is 0. The van der Waals surface area contributed by atoms with Gasteiger partial charge in [-0.1, -0.05) is 54.6 Å². The molecule has 0 radical (unpaired) electrons. The molecule has 0 saturated carbocycles. The molecule has 6 nitrogen and oxygen atoms in total. The summed E-state index contributed by atoms with van der Waals surface area (Å²) < 4.78 is 0. The number of benzene rings is 3. The summed E-state index contributed by atoms with van der Waals surface area (Å²) in [6, 6.07) is 23.7. The van der Waals surface area contributed by atoms with E-state index in [1.54, 1.807) is 0 Å². The first kappa shape index (κ1) is 18.8. The van der Waals surface area contributed by atoms with Crippen molar-refractivity contribution < 1.29 is 9.85 Å². The number of non-ortho nitro benzene ring substituents is 2. The van der Waals surface area contributed by atoms with Gasteiger partial charge in [0.15, 0.2) is 0 Å². The van der Waals surface area contributed by atoms with Crippen LogP contribution in [0.3, 0.4) is 0 Å². The molecule has 3 aromatic rings. The van der Waals surface area contributed by atoms with Gasteiger partial charge in [-0.15, -0.1) is 0 Å². The monoisotopic (exact) mass is 350 g/mol. The van der Waals surface area contributed by atoms with Crippen LogP contribution in [-0.2, 0) is 6.42 Å². The molecule has 0 unspecified atom stereocenters. The van der Waals surface area contributed by atoms with E-state index >= 15 is 0 Å². The molecule has 0 spiro atoms. The Morgan fingerprint density at radius 3 is 1.81 bits per heavy atom. The molecule has 0 bridgehead atoms. The molecular formula is C20H18N2O4. The topological polar surface area (TPSA) is 86.3 Å². The molecule has 0 aliphatic heterocycles. The van der Waals surface area contributed by atoms with Crippen LogP contribution in [0.15, 0.2) is 78.9 Å². The fourth-order valence-electron chi connectivity index (χ4n) is 2.34. The van der Waals surface area contributed by atoms with Crippen molar-refractivity contribution in [2.75, 3.05) is 0 Å². The van der Waals surface area contributed by atoms with E-state index in [-0.39, 0.29) is 11.4 Å². The number of aryl methyl sites for hydroxylation is 1. The van der Waals surface area contributed by atoms with E-state index in [0.29, 0.717) is 0 Å². The van der Waals surface area contributed by atoms with E-state index in [1.165, 1.54) is 34.9 Å². The predicted molar refractivity (Wildman–Crippen MR) is 100 cm³/mol. The maximum Gasteiger partial charge on any atom is 0.276 e. The third kappa shape index (κ3) is 5.52. The minimum Gasteiger partial charge on any atom is -0.258 e. The van der Waals surface area contributed by atoms with E-state index in [2.05, 4.69) is 61.5 Å². The molecule has 0 amide bonds. The average molecular weight is 350 g/mol. The minimum atomic E-state index is -0.674. The lowest BCUT2D eigenvalue weighted by molar-refractivity contribution is -0.394. The lowest BCUT2D eigenvalue weighted by atomic mass is 10.0. The molecule has 26 heavy (non-hydrogen) atoms. The van der Waals surface area contributed by atoms with Gasteiger partial charge in [0.05, 0.1) is 15.9 Å². The van der Waals surface area contributed by atoms with Gasteiger partial charge in [-0.25, -0.2) is 0 Å². The van der Waals surface area contributed by atoms with Crippen LogP contribution in [0.25, 0.3) is 0 Å². The summed E-state index contributed by atoms with van der Waals surface area (Å²) >= 11 is 0. The fourth-order valence-corrected chi connectivity index (χ4v) is 2.34. The zero-order valence-electron chi connectivity index (χ0n) is 14.2. The predicted octanol–water partition coefficient (Wildman–Crippen LogP) is 5.09. The quantitative estimate of drug-likeness (QED) is 0.484. The highest BCUT2D eigenvalue weighted by atomic mass is 16.6. The fraction of sp³-hybridized carbons (Fsp3) is 0.100. The van der Waals surface area contributed by atoms with Gasteiger partial charge < -0.3 is 0 Å². The summed E-state index contributed by atoms with van der Waals surface area (Å²) in [5.41, 5.74) is 3.62. The van der Waals surface area contributed by atoms with Crippen LogP contribution < -0.4 is 0 Å². The summed E-state index contributed by atoms with van der Waals surface area (Å²) in [5.74, 6) is 0. The molecule has 3 aromatic carbocycles.